The minimum Gasteiger partial charge on any atom is -0.353 e. The number of likely N-dealkylation sites (tertiary alicyclic amines) is 2. The lowest BCUT2D eigenvalue weighted by molar-refractivity contribution is -0.127. The third kappa shape index (κ3) is 4.29. The van der Waals surface area contributed by atoms with Gasteiger partial charge in [0.15, 0.2) is 0 Å². The second-order valence-corrected chi connectivity index (χ2v) is 8.16. The van der Waals surface area contributed by atoms with E-state index in [9.17, 15) is 9.59 Å². The SMILES string of the molecule is Cc1ncncc1C(=O)N1CCC(N2CCCC(C(=O)NC3CC3)C2)CC1. The number of piperidine rings is 2. The molecular weight excluding hydrogens is 342 g/mol. The number of carbonyl (C=O) groups is 2. The van der Waals surface area contributed by atoms with Crippen LogP contribution < -0.4 is 5.32 Å². The van der Waals surface area contributed by atoms with Crippen molar-refractivity contribution in [1.82, 2.24) is 25.1 Å². The van der Waals surface area contributed by atoms with E-state index in [0.29, 0.717) is 17.6 Å². The molecule has 1 N–H and O–H groups in total. The van der Waals surface area contributed by atoms with Crippen LogP contribution in [0.1, 0.15) is 54.6 Å². The summed E-state index contributed by atoms with van der Waals surface area (Å²) in [6.07, 6.45) is 9.39. The van der Waals surface area contributed by atoms with Crippen LogP contribution in [0.15, 0.2) is 12.5 Å². The van der Waals surface area contributed by atoms with E-state index in [0.717, 1.165) is 70.4 Å². The van der Waals surface area contributed by atoms with Gasteiger partial charge in [-0.3, -0.25) is 14.5 Å². The van der Waals surface area contributed by atoms with Gasteiger partial charge in [0.2, 0.25) is 5.91 Å². The van der Waals surface area contributed by atoms with Crippen molar-refractivity contribution < 1.29 is 9.59 Å². The average Bonchev–Trinajstić information content (AvgIpc) is 3.52. The van der Waals surface area contributed by atoms with Crippen LogP contribution in [0.2, 0.25) is 0 Å². The molecule has 2 saturated heterocycles. The van der Waals surface area contributed by atoms with Crippen LogP contribution in [-0.2, 0) is 4.79 Å². The van der Waals surface area contributed by atoms with E-state index in [-0.39, 0.29) is 17.7 Å². The van der Waals surface area contributed by atoms with Crippen LogP contribution in [0.4, 0.5) is 0 Å². The van der Waals surface area contributed by atoms with Gasteiger partial charge in [-0.2, -0.15) is 0 Å². The quantitative estimate of drug-likeness (QED) is 0.865. The van der Waals surface area contributed by atoms with Crippen molar-refractivity contribution in [3.63, 3.8) is 0 Å². The van der Waals surface area contributed by atoms with E-state index in [2.05, 4.69) is 20.2 Å². The number of nitrogens with one attached hydrogen (secondary N) is 1. The second-order valence-electron chi connectivity index (χ2n) is 8.16. The van der Waals surface area contributed by atoms with Gasteiger partial charge in [-0.15, -0.1) is 0 Å². The molecule has 3 aliphatic rings. The van der Waals surface area contributed by atoms with Gasteiger partial charge in [0, 0.05) is 37.9 Å². The predicted molar refractivity (Wildman–Crippen MR) is 101 cm³/mol. The molecule has 3 heterocycles. The minimum absolute atomic E-state index is 0.0341. The highest BCUT2D eigenvalue weighted by Crippen LogP contribution is 2.26. The van der Waals surface area contributed by atoms with Gasteiger partial charge in [-0.1, -0.05) is 0 Å². The molecule has 0 spiro atoms. The van der Waals surface area contributed by atoms with Crippen molar-refractivity contribution in [2.75, 3.05) is 26.2 Å². The molecule has 2 amide bonds. The van der Waals surface area contributed by atoms with Crippen LogP contribution >= 0.6 is 0 Å². The molecule has 1 aliphatic carbocycles. The van der Waals surface area contributed by atoms with Crippen molar-refractivity contribution in [2.45, 2.75) is 57.5 Å². The maximum Gasteiger partial charge on any atom is 0.257 e. The van der Waals surface area contributed by atoms with Crippen LogP contribution in [0, 0.1) is 12.8 Å². The molecule has 3 fully saturated rings. The minimum atomic E-state index is 0.0341. The molecule has 27 heavy (non-hydrogen) atoms. The van der Waals surface area contributed by atoms with Gasteiger partial charge in [-0.05, 0) is 52.0 Å². The Balaban J connectivity index is 1.30. The van der Waals surface area contributed by atoms with E-state index in [1.54, 1.807) is 6.20 Å². The van der Waals surface area contributed by atoms with Crippen molar-refractivity contribution in [3.8, 4) is 0 Å². The molecular formula is C20H29N5O2. The third-order valence-corrected chi connectivity index (χ3v) is 6.16. The van der Waals surface area contributed by atoms with E-state index >= 15 is 0 Å². The monoisotopic (exact) mass is 371 g/mol. The Labute approximate surface area is 160 Å². The van der Waals surface area contributed by atoms with Gasteiger partial charge in [0.1, 0.15) is 6.33 Å². The number of rotatable bonds is 4. The normalized spacial score (nSPS) is 24.6. The van der Waals surface area contributed by atoms with Crippen LogP contribution in [0.3, 0.4) is 0 Å². The highest BCUT2D eigenvalue weighted by atomic mass is 16.2. The average molecular weight is 371 g/mol. The standard InChI is InChI=1S/C20H29N5O2/c1-14-18(11-21-13-22-14)20(27)24-9-6-17(7-10-24)25-8-2-3-15(12-25)19(26)23-16-4-5-16/h11,13,15-17H,2-10,12H2,1H3,(H,23,26). The zero-order valence-electron chi connectivity index (χ0n) is 16.1. The summed E-state index contributed by atoms with van der Waals surface area (Å²) in [6.45, 7) is 5.29. The largest absolute Gasteiger partial charge is 0.353 e. The lowest BCUT2D eigenvalue weighted by Crippen LogP contribution is -2.51. The Kier molecular flexibility index (Phi) is 5.38. The number of aromatic nitrogens is 2. The Morgan fingerprint density at radius 1 is 1.11 bits per heavy atom. The smallest absolute Gasteiger partial charge is 0.257 e. The van der Waals surface area contributed by atoms with Crippen LogP contribution in [-0.4, -0.2) is 69.8 Å². The zero-order valence-corrected chi connectivity index (χ0v) is 16.1. The number of aryl methyl sites for hydroxylation is 1. The van der Waals surface area contributed by atoms with Gasteiger partial charge in [0.05, 0.1) is 17.2 Å². The molecule has 1 unspecified atom stereocenters. The van der Waals surface area contributed by atoms with E-state index in [1.165, 1.54) is 6.33 Å². The first-order valence-corrected chi connectivity index (χ1v) is 10.2. The molecule has 0 bridgehead atoms. The van der Waals surface area contributed by atoms with Crippen molar-refractivity contribution in [1.29, 1.82) is 0 Å². The topological polar surface area (TPSA) is 78.4 Å². The van der Waals surface area contributed by atoms with Crippen molar-refractivity contribution in [3.05, 3.63) is 23.8 Å². The molecule has 7 heteroatoms. The maximum atomic E-state index is 12.7. The van der Waals surface area contributed by atoms with Gasteiger partial charge in [-0.25, -0.2) is 9.97 Å². The number of amides is 2. The van der Waals surface area contributed by atoms with E-state index in [4.69, 9.17) is 0 Å². The lowest BCUT2D eigenvalue weighted by atomic mass is 9.93. The first-order chi connectivity index (χ1) is 13.1. The maximum absolute atomic E-state index is 12.7. The zero-order chi connectivity index (χ0) is 18.8. The highest BCUT2D eigenvalue weighted by molar-refractivity contribution is 5.94. The third-order valence-electron chi connectivity index (χ3n) is 6.16. The summed E-state index contributed by atoms with van der Waals surface area (Å²) in [6, 6.07) is 0.909. The Morgan fingerprint density at radius 3 is 2.59 bits per heavy atom. The lowest BCUT2D eigenvalue weighted by Gasteiger charge is -2.42. The van der Waals surface area contributed by atoms with Gasteiger partial charge >= 0.3 is 0 Å². The van der Waals surface area contributed by atoms with Gasteiger partial charge < -0.3 is 10.2 Å². The fraction of sp³-hybridized carbons (Fsp3) is 0.700. The fourth-order valence-corrected chi connectivity index (χ4v) is 4.30. The van der Waals surface area contributed by atoms with Gasteiger partial charge in [0.25, 0.3) is 5.91 Å². The highest BCUT2D eigenvalue weighted by Gasteiger charge is 2.34. The number of hydrogen-bond acceptors (Lipinski definition) is 5. The van der Waals surface area contributed by atoms with E-state index < -0.39 is 0 Å². The van der Waals surface area contributed by atoms with Crippen molar-refractivity contribution >= 4 is 11.8 Å². The molecule has 146 valence electrons. The molecule has 4 rings (SSSR count). The van der Waals surface area contributed by atoms with Crippen molar-refractivity contribution in [2.24, 2.45) is 5.92 Å². The van der Waals surface area contributed by atoms with Crippen LogP contribution in [0.5, 0.6) is 0 Å². The van der Waals surface area contributed by atoms with Crippen LogP contribution in [0.25, 0.3) is 0 Å². The summed E-state index contributed by atoms with van der Waals surface area (Å²) in [5.74, 6) is 0.407. The molecule has 0 aromatic carbocycles. The van der Waals surface area contributed by atoms with E-state index in [1.807, 2.05) is 11.8 Å². The summed E-state index contributed by atoms with van der Waals surface area (Å²) < 4.78 is 0. The Morgan fingerprint density at radius 2 is 1.89 bits per heavy atom. The number of carbonyl (C=O) groups excluding carboxylic acids is 2. The predicted octanol–water partition coefficient (Wildman–Crippen LogP) is 1.38. The first-order valence-electron chi connectivity index (χ1n) is 10.2. The molecule has 1 saturated carbocycles. The summed E-state index contributed by atoms with van der Waals surface area (Å²) in [5.41, 5.74) is 1.34. The first kappa shape index (κ1) is 18.3. The molecule has 1 atom stereocenters. The molecule has 7 nitrogen and oxygen atoms in total. The second kappa shape index (κ2) is 7.92. The molecule has 2 aliphatic heterocycles. The summed E-state index contributed by atoms with van der Waals surface area (Å²) in [7, 11) is 0. The molecule has 0 radical (unpaired) electrons. The summed E-state index contributed by atoms with van der Waals surface area (Å²) in [4.78, 5) is 37.7. The number of hydrogen-bond donors (Lipinski definition) is 1. The molecule has 1 aromatic rings. The number of nitrogens with zero attached hydrogens (tertiary/aromatic N) is 4. The Bertz CT molecular complexity index is 697. The summed E-state index contributed by atoms with van der Waals surface area (Å²) >= 11 is 0. The fourth-order valence-electron chi connectivity index (χ4n) is 4.30. The Hall–Kier alpha value is -2.02. The summed E-state index contributed by atoms with van der Waals surface area (Å²) in [5, 5.41) is 3.16. The molecule has 1 aromatic heterocycles.